The van der Waals surface area contributed by atoms with Crippen molar-refractivity contribution in [2.45, 2.75) is 31.9 Å². The largest absolute Gasteiger partial charge is 0.480 e. The molecule has 16 heavy (non-hydrogen) atoms. The van der Waals surface area contributed by atoms with Crippen LogP contribution in [0, 0.1) is 0 Å². The van der Waals surface area contributed by atoms with Crippen molar-refractivity contribution in [2.75, 3.05) is 19.7 Å². The van der Waals surface area contributed by atoms with Crippen molar-refractivity contribution < 1.29 is 19.4 Å². The third-order valence-corrected chi connectivity index (χ3v) is 2.40. The van der Waals surface area contributed by atoms with E-state index in [1.165, 1.54) is 13.8 Å². The average molecular weight is 230 g/mol. The number of carboxylic acid groups (broad SMARTS) is 1. The van der Waals surface area contributed by atoms with Crippen molar-refractivity contribution in [1.29, 1.82) is 0 Å². The van der Waals surface area contributed by atoms with E-state index in [9.17, 15) is 9.59 Å². The topological polar surface area (TPSA) is 87.7 Å². The first-order chi connectivity index (χ1) is 7.42. The molecule has 0 spiro atoms. The fourth-order valence-electron chi connectivity index (χ4n) is 1.41. The van der Waals surface area contributed by atoms with Gasteiger partial charge in [-0.2, -0.15) is 0 Å². The molecule has 1 rings (SSSR count). The smallest absolute Gasteiger partial charge is 0.328 e. The third-order valence-electron chi connectivity index (χ3n) is 2.40. The van der Waals surface area contributed by atoms with E-state index in [0.29, 0.717) is 13.2 Å². The third kappa shape index (κ3) is 3.79. The van der Waals surface area contributed by atoms with E-state index >= 15 is 0 Å². The maximum absolute atomic E-state index is 11.5. The highest BCUT2D eigenvalue weighted by molar-refractivity contribution is 5.86. The maximum Gasteiger partial charge on any atom is 0.328 e. The minimum Gasteiger partial charge on any atom is -0.480 e. The molecule has 0 aliphatic carbocycles. The number of carbonyl (C=O) groups excluding carboxylic acids is 1. The fourth-order valence-corrected chi connectivity index (χ4v) is 1.41. The molecule has 1 aliphatic heterocycles. The average Bonchev–Trinajstić information content (AvgIpc) is 2.17. The molecule has 0 saturated carbocycles. The van der Waals surface area contributed by atoms with Gasteiger partial charge in [0.15, 0.2) is 0 Å². The lowest BCUT2D eigenvalue weighted by molar-refractivity contribution is -0.146. The summed E-state index contributed by atoms with van der Waals surface area (Å²) in [5, 5.41) is 14.4. The van der Waals surface area contributed by atoms with Gasteiger partial charge < -0.3 is 20.5 Å². The van der Waals surface area contributed by atoms with E-state index < -0.39 is 11.5 Å². The van der Waals surface area contributed by atoms with Gasteiger partial charge in [-0.15, -0.1) is 0 Å². The Morgan fingerprint density at radius 2 is 2.25 bits per heavy atom. The van der Waals surface area contributed by atoms with Crippen LogP contribution in [0.25, 0.3) is 0 Å². The molecule has 1 amide bonds. The molecule has 6 nitrogen and oxygen atoms in total. The van der Waals surface area contributed by atoms with Crippen LogP contribution in [0.4, 0.5) is 0 Å². The number of carbonyl (C=O) groups is 2. The van der Waals surface area contributed by atoms with Crippen molar-refractivity contribution in [3.8, 4) is 0 Å². The van der Waals surface area contributed by atoms with E-state index in [0.717, 1.165) is 6.54 Å². The number of carboxylic acids is 1. The summed E-state index contributed by atoms with van der Waals surface area (Å²) in [6, 6.07) is 0. The standard InChI is InChI=1S/C10H18N2O4/c1-10(2,9(14)15)12-8(13)5-7-6-11-3-4-16-7/h7,11H,3-6H2,1-2H3,(H,12,13)(H,14,15). The van der Waals surface area contributed by atoms with Crippen LogP contribution >= 0.6 is 0 Å². The Kier molecular flexibility index (Phi) is 4.26. The summed E-state index contributed by atoms with van der Waals surface area (Å²) in [5.74, 6) is -1.36. The van der Waals surface area contributed by atoms with Gasteiger partial charge in [-0.3, -0.25) is 4.79 Å². The molecule has 1 fully saturated rings. The van der Waals surface area contributed by atoms with E-state index in [2.05, 4.69) is 10.6 Å². The molecule has 3 N–H and O–H groups in total. The zero-order valence-corrected chi connectivity index (χ0v) is 9.58. The number of morpholine rings is 1. The Hall–Kier alpha value is -1.14. The molecule has 1 unspecified atom stereocenters. The summed E-state index contributed by atoms with van der Waals surface area (Å²) in [5.41, 5.74) is -1.24. The molecule has 1 aliphatic rings. The predicted octanol–water partition coefficient (Wildman–Crippen LogP) is -0.656. The minimum absolute atomic E-state index is 0.168. The number of hydrogen-bond donors (Lipinski definition) is 3. The number of aliphatic carboxylic acids is 1. The Morgan fingerprint density at radius 3 is 2.75 bits per heavy atom. The van der Waals surface area contributed by atoms with Crippen LogP contribution < -0.4 is 10.6 Å². The van der Waals surface area contributed by atoms with Gasteiger partial charge in [0.1, 0.15) is 5.54 Å². The van der Waals surface area contributed by atoms with Crippen molar-refractivity contribution in [3.05, 3.63) is 0 Å². The highest BCUT2D eigenvalue weighted by atomic mass is 16.5. The van der Waals surface area contributed by atoms with Crippen LogP contribution in [0.15, 0.2) is 0 Å². The fraction of sp³-hybridized carbons (Fsp3) is 0.800. The zero-order valence-electron chi connectivity index (χ0n) is 9.58. The molecule has 6 heteroatoms. The van der Waals surface area contributed by atoms with Crippen LogP contribution in [-0.4, -0.2) is 48.3 Å². The van der Waals surface area contributed by atoms with E-state index in [1.807, 2.05) is 0 Å². The monoisotopic (exact) mass is 230 g/mol. The van der Waals surface area contributed by atoms with Crippen LogP contribution in [0.1, 0.15) is 20.3 Å². The maximum atomic E-state index is 11.5. The van der Waals surface area contributed by atoms with Gasteiger partial charge in [-0.05, 0) is 13.8 Å². The Labute approximate surface area is 94.3 Å². The summed E-state index contributed by atoms with van der Waals surface area (Å²) >= 11 is 0. The Bertz CT molecular complexity index is 272. The SMILES string of the molecule is CC(C)(NC(=O)CC1CNCCO1)C(=O)O. The molecule has 0 radical (unpaired) electrons. The van der Waals surface area contributed by atoms with Crippen LogP contribution in [0.5, 0.6) is 0 Å². The summed E-state index contributed by atoms with van der Waals surface area (Å²) in [7, 11) is 0. The lowest BCUT2D eigenvalue weighted by Gasteiger charge is -2.25. The number of nitrogens with one attached hydrogen (secondary N) is 2. The molecular formula is C10H18N2O4. The van der Waals surface area contributed by atoms with Crippen LogP contribution in [0.2, 0.25) is 0 Å². The van der Waals surface area contributed by atoms with Gasteiger partial charge in [-0.1, -0.05) is 0 Å². The van der Waals surface area contributed by atoms with Gasteiger partial charge in [0, 0.05) is 13.1 Å². The zero-order chi connectivity index (χ0) is 12.2. The Balaban J connectivity index is 2.37. The summed E-state index contributed by atoms with van der Waals surface area (Å²) in [4.78, 5) is 22.3. The molecule has 0 bridgehead atoms. The first-order valence-corrected chi connectivity index (χ1v) is 5.28. The van der Waals surface area contributed by atoms with E-state index in [1.54, 1.807) is 0 Å². The van der Waals surface area contributed by atoms with Crippen molar-refractivity contribution in [1.82, 2.24) is 10.6 Å². The van der Waals surface area contributed by atoms with Gasteiger partial charge in [-0.25, -0.2) is 4.79 Å². The molecule has 0 aromatic carbocycles. The normalized spacial score (nSPS) is 21.5. The molecular weight excluding hydrogens is 212 g/mol. The highest BCUT2D eigenvalue weighted by Gasteiger charge is 2.30. The van der Waals surface area contributed by atoms with Gasteiger partial charge in [0.2, 0.25) is 5.91 Å². The van der Waals surface area contributed by atoms with E-state index in [4.69, 9.17) is 9.84 Å². The first kappa shape index (κ1) is 12.9. The number of hydrogen-bond acceptors (Lipinski definition) is 4. The highest BCUT2D eigenvalue weighted by Crippen LogP contribution is 2.06. The quantitative estimate of drug-likeness (QED) is 0.597. The van der Waals surface area contributed by atoms with E-state index in [-0.39, 0.29) is 18.4 Å². The second-order valence-electron chi connectivity index (χ2n) is 4.38. The molecule has 1 saturated heterocycles. The molecule has 0 aromatic rings. The van der Waals surface area contributed by atoms with Gasteiger partial charge in [0.25, 0.3) is 0 Å². The molecule has 0 aromatic heterocycles. The number of rotatable bonds is 4. The molecule has 1 atom stereocenters. The second kappa shape index (κ2) is 5.27. The van der Waals surface area contributed by atoms with Gasteiger partial charge in [0.05, 0.1) is 19.1 Å². The van der Waals surface area contributed by atoms with Crippen LogP contribution in [-0.2, 0) is 14.3 Å². The summed E-state index contributed by atoms with van der Waals surface area (Å²) < 4.78 is 5.35. The first-order valence-electron chi connectivity index (χ1n) is 5.28. The number of amides is 1. The summed E-state index contributed by atoms with van der Waals surface area (Å²) in [6.07, 6.45) is 0.0160. The minimum atomic E-state index is -1.24. The van der Waals surface area contributed by atoms with Crippen LogP contribution in [0.3, 0.4) is 0 Å². The number of ether oxygens (including phenoxy) is 1. The lowest BCUT2D eigenvalue weighted by atomic mass is 10.1. The Morgan fingerprint density at radius 1 is 1.56 bits per heavy atom. The predicted molar refractivity (Wildman–Crippen MR) is 57.1 cm³/mol. The summed E-state index contributed by atoms with van der Waals surface area (Å²) in [6.45, 7) is 4.90. The molecule has 1 heterocycles. The van der Waals surface area contributed by atoms with Crippen molar-refractivity contribution >= 4 is 11.9 Å². The molecule has 92 valence electrons. The van der Waals surface area contributed by atoms with Crippen molar-refractivity contribution in [2.24, 2.45) is 0 Å². The van der Waals surface area contributed by atoms with Gasteiger partial charge >= 0.3 is 5.97 Å². The second-order valence-corrected chi connectivity index (χ2v) is 4.38. The lowest BCUT2D eigenvalue weighted by Crippen LogP contribution is -2.51. The van der Waals surface area contributed by atoms with Crippen molar-refractivity contribution in [3.63, 3.8) is 0 Å².